The van der Waals surface area contributed by atoms with Gasteiger partial charge in [-0.05, 0) is 24.5 Å². The summed E-state index contributed by atoms with van der Waals surface area (Å²) < 4.78 is 5.21. The zero-order valence-electron chi connectivity index (χ0n) is 9.05. The topological polar surface area (TPSA) is 42.2 Å². The Morgan fingerprint density at radius 1 is 1.53 bits per heavy atom. The number of hydrogen-bond donors (Lipinski definition) is 1. The monoisotopic (exact) mass is 229 g/mol. The van der Waals surface area contributed by atoms with E-state index < -0.39 is 0 Å². The summed E-state index contributed by atoms with van der Waals surface area (Å²) in [7, 11) is 0. The van der Waals surface area contributed by atoms with E-state index in [0.717, 1.165) is 6.42 Å². The van der Waals surface area contributed by atoms with Gasteiger partial charge in [0.05, 0.1) is 5.88 Å². The highest BCUT2D eigenvalue weighted by Crippen LogP contribution is 2.10. The number of alkyl halides is 1. The number of rotatable bonds is 5. The molecule has 84 valence electrons. The van der Waals surface area contributed by atoms with E-state index in [4.69, 9.17) is 16.0 Å². The lowest BCUT2D eigenvalue weighted by Crippen LogP contribution is -2.24. The van der Waals surface area contributed by atoms with Gasteiger partial charge < -0.3 is 9.73 Å². The molecular formula is C11H16ClNO2. The van der Waals surface area contributed by atoms with Gasteiger partial charge in [-0.1, -0.05) is 13.8 Å². The summed E-state index contributed by atoms with van der Waals surface area (Å²) >= 11 is 5.57. The van der Waals surface area contributed by atoms with Gasteiger partial charge in [-0.2, -0.15) is 0 Å². The Hall–Kier alpha value is -0.960. The molecule has 0 unspecified atom stereocenters. The van der Waals surface area contributed by atoms with Gasteiger partial charge in [-0.3, -0.25) is 4.79 Å². The molecule has 3 nitrogen and oxygen atoms in total. The summed E-state index contributed by atoms with van der Waals surface area (Å²) in [6.45, 7) is 4.91. The van der Waals surface area contributed by atoms with Crippen molar-refractivity contribution in [3.63, 3.8) is 0 Å². The van der Waals surface area contributed by atoms with Crippen LogP contribution in [0.15, 0.2) is 16.5 Å². The summed E-state index contributed by atoms with van der Waals surface area (Å²) in [6, 6.07) is 3.35. The standard InChI is InChI=1S/C11H16ClNO2/c1-8(2)5-6-13-11(14)10-4-3-9(7-12)15-10/h3-4,8H,5-7H2,1-2H3,(H,13,14). The van der Waals surface area contributed by atoms with Crippen LogP contribution < -0.4 is 5.32 Å². The molecule has 1 heterocycles. The van der Waals surface area contributed by atoms with E-state index in [9.17, 15) is 4.79 Å². The van der Waals surface area contributed by atoms with Gasteiger partial charge in [-0.25, -0.2) is 0 Å². The lowest BCUT2D eigenvalue weighted by Gasteiger charge is -2.05. The van der Waals surface area contributed by atoms with E-state index in [1.807, 2.05) is 0 Å². The van der Waals surface area contributed by atoms with E-state index in [2.05, 4.69) is 19.2 Å². The zero-order chi connectivity index (χ0) is 11.3. The van der Waals surface area contributed by atoms with Crippen LogP contribution in [0, 0.1) is 5.92 Å². The Morgan fingerprint density at radius 3 is 2.80 bits per heavy atom. The van der Waals surface area contributed by atoms with Crippen LogP contribution in [-0.4, -0.2) is 12.5 Å². The normalized spacial score (nSPS) is 10.7. The molecular weight excluding hydrogens is 214 g/mol. The van der Waals surface area contributed by atoms with Crippen LogP contribution in [0.5, 0.6) is 0 Å². The molecule has 0 spiro atoms. The maximum atomic E-state index is 11.5. The second-order valence-electron chi connectivity index (χ2n) is 3.84. The minimum Gasteiger partial charge on any atom is -0.455 e. The molecule has 0 aromatic carbocycles. The van der Waals surface area contributed by atoms with E-state index in [-0.39, 0.29) is 5.91 Å². The highest BCUT2D eigenvalue weighted by molar-refractivity contribution is 6.16. The highest BCUT2D eigenvalue weighted by Gasteiger charge is 2.09. The number of hydrogen-bond acceptors (Lipinski definition) is 2. The maximum absolute atomic E-state index is 11.5. The molecule has 0 saturated heterocycles. The molecule has 0 aliphatic carbocycles. The van der Waals surface area contributed by atoms with Crippen LogP contribution in [0.4, 0.5) is 0 Å². The van der Waals surface area contributed by atoms with Crippen LogP contribution in [0.2, 0.25) is 0 Å². The van der Waals surface area contributed by atoms with Gasteiger partial charge in [0, 0.05) is 6.54 Å². The quantitative estimate of drug-likeness (QED) is 0.789. The highest BCUT2D eigenvalue weighted by atomic mass is 35.5. The number of carbonyl (C=O) groups excluding carboxylic acids is 1. The van der Waals surface area contributed by atoms with Crippen molar-refractivity contribution in [3.05, 3.63) is 23.7 Å². The number of furan rings is 1. The van der Waals surface area contributed by atoms with Gasteiger partial charge in [-0.15, -0.1) is 11.6 Å². The molecule has 0 atom stereocenters. The van der Waals surface area contributed by atoms with Gasteiger partial charge in [0.15, 0.2) is 5.76 Å². The van der Waals surface area contributed by atoms with Gasteiger partial charge >= 0.3 is 0 Å². The smallest absolute Gasteiger partial charge is 0.286 e. The van der Waals surface area contributed by atoms with Crippen molar-refractivity contribution >= 4 is 17.5 Å². The molecule has 1 amide bonds. The molecule has 0 fully saturated rings. The molecule has 0 radical (unpaired) electrons. The number of nitrogens with one attached hydrogen (secondary N) is 1. The average Bonchev–Trinajstić information content (AvgIpc) is 2.65. The summed E-state index contributed by atoms with van der Waals surface area (Å²) in [5.74, 6) is 1.65. The minimum absolute atomic E-state index is 0.174. The summed E-state index contributed by atoms with van der Waals surface area (Å²) in [5, 5.41) is 2.79. The van der Waals surface area contributed by atoms with Gasteiger partial charge in [0.1, 0.15) is 5.76 Å². The predicted molar refractivity (Wildman–Crippen MR) is 60.1 cm³/mol. The molecule has 1 N–H and O–H groups in total. The van der Waals surface area contributed by atoms with Crippen LogP contribution in [0.3, 0.4) is 0 Å². The first-order valence-electron chi connectivity index (χ1n) is 5.06. The van der Waals surface area contributed by atoms with Crippen molar-refractivity contribution in [1.82, 2.24) is 5.32 Å². The minimum atomic E-state index is -0.174. The first-order chi connectivity index (χ1) is 7.13. The summed E-state index contributed by atoms with van der Waals surface area (Å²) in [6.07, 6.45) is 0.967. The predicted octanol–water partition coefficient (Wildman–Crippen LogP) is 2.79. The number of halogens is 1. The Bertz CT molecular complexity index is 320. The molecule has 0 aliphatic heterocycles. The van der Waals surface area contributed by atoms with E-state index >= 15 is 0 Å². The van der Waals surface area contributed by atoms with Crippen molar-refractivity contribution in [2.75, 3.05) is 6.54 Å². The fourth-order valence-corrected chi connectivity index (χ4v) is 1.28. The third-order valence-electron chi connectivity index (χ3n) is 2.02. The zero-order valence-corrected chi connectivity index (χ0v) is 9.80. The SMILES string of the molecule is CC(C)CCNC(=O)c1ccc(CCl)o1. The van der Waals surface area contributed by atoms with Gasteiger partial charge in [0.25, 0.3) is 5.91 Å². The molecule has 1 rings (SSSR count). The van der Waals surface area contributed by atoms with Crippen LogP contribution >= 0.6 is 11.6 Å². The molecule has 1 aromatic heterocycles. The van der Waals surface area contributed by atoms with Crippen molar-refractivity contribution < 1.29 is 9.21 Å². The number of carbonyl (C=O) groups is 1. The van der Waals surface area contributed by atoms with E-state index in [1.165, 1.54) is 0 Å². The summed E-state index contributed by atoms with van der Waals surface area (Å²) in [4.78, 5) is 11.5. The van der Waals surface area contributed by atoms with Crippen molar-refractivity contribution in [3.8, 4) is 0 Å². The third kappa shape index (κ3) is 3.96. The Kier molecular flexibility index (Phi) is 4.69. The number of amides is 1. The molecule has 1 aromatic rings. The molecule has 0 bridgehead atoms. The largest absolute Gasteiger partial charge is 0.455 e. The second kappa shape index (κ2) is 5.81. The van der Waals surface area contributed by atoms with Crippen LogP contribution in [0.1, 0.15) is 36.6 Å². The molecule has 15 heavy (non-hydrogen) atoms. The Labute approximate surface area is 94.8 Å². The van der Waals surface area contributed by atoms with Crippen molar-refractivity contribution in [1.29, 1.82) is 0 Å². The maximum Gasteiger partial charge on any atom is 0.286 e. The first-order valence-corrected chi connectivity index (χ1v) is 5.59. The molecule has 0 saturated carbocycles. The van der Waals surface area contributed by atoms with Gasteiger partial charge in [0.2, 0.25) is 0 Å². The first kappa shape index (κ1) is 12.1. The second-order valence-corrected chi connectivity index (χ2v) is 4.11. The molecule has 0 aliphatic rings. The van der Waals surface area contributed by atoms with Crippen LogP contribution in [0.25, 0.3) is 0 Å². The van der Waals surface area contributed by atoms with Crippen LogP contribution in [-0.2, 0) is 5.88 Å². The van der Waals surface area contributed by atoms with E-state index in [0.29, 0.717) is 29.9 Å². The third-order valence-corrected chi connectivity index (χ3v) is 2.29. The molecule has 4 heteroatoms. The lowest BCUT2D eigenvalue weighted by atomic mass is 10.1. The summed E-state index contributed by atoms with van der Waals surface area (Å²) in [5.41, 5.74) is 0. The van der Waals surface area contributed by atoms with Crippen molar-refractivity contribution in [2.45, 2.75) is 26.1 Å². The average molecular weight is 230 g/mol. The Balaban J connectivity index is 2.40. The Morgan fingerprint density at radius 2 is 2.27 bits per heavy atom. The fraction of sp³-hybridized carbons (Fsp3) is 0.545. The fourth-order valence-electron chi connectivity index (χ4n) is 1.13. The van der Waals surface area contributed by atoms with E-state index in [1.54, 1.807) is 12.1 Å². The van der Waals surface area contributed by atoms with Crippen molar-refractivity contribution in [2.24, 2.45) is 5.92 Å². The lowest BCUT2D eigenvalue weighted by molar-refractivity contribution is 0.0923.